The minimum absolute atomic E-state index is 0.0541. The van der Waals surface area contributed by atoms with Gasteiger partial charge in [-0.15, -0.1) is 0 Å². The summed E-state index contributed by atoms with van der Waals surface area (Å²) < 4.78 is 10.8. The topological polar surface area (TPSA) is 59.0 Å². The fraction of sp³-hybridized carbons (Fsp3) is 0.467. The van der Waals surface area contributed by atoms with Crippen molar-refractivity contribution in [1.82, 2.24) is 4.98 Å². The van der Waals surface area contributed by atoms with Gasteiger partial charge in [0.25, 0.3) is 0 Å². The number of aromatic nitrogens is 1. The van der Waals surface area contributed by atoms with Gasteiger partial charge in [0.15, 0.2) is 12.0 Å². The highest BCUT2D eigenvalue weighted by molar-refractivity contribution is 5.73. The van der Waals surface area contributed by atoms with Crippen molar-refractivity contribution in [1.29, 1.82) is 5.26 Å². The summed E-state index contributed by atoms with van der Waals surface area (Å²) in [6, 6.07) is 8.45. The highest BCUT2D eigenvalue weighted by Gasteiger charge is 2.48. The van der Waals surface area contributed by atoms with Gasteiger partial charge in [-0.2, -0.15) is 5.26 Å². The Morgan fingerprint density at radius 3 is 2.74 bits per heavy atom. The van der Waals surface area contributed by atoms with E-state index in [1.165, 1.54) is 6.39 Å². The molecule has 0 aliphatic carbocycles. The second-order valence-corrected chi connectivity index (χ2v) is 5.53. The maximum atomic E-state index is 9.49. The standard InChI is InChI=1S/C15H16N2O2/c1-10(2)12(6-16)15(7-18-8-15)11-3-4-13-14(5-11)19-9-17-13/h3-5,9-10,12H,7-8H2,1-2H3. The zero-order chi connectivity index (χ0) is 13.5. The number of nitrogens with zero attached hydrogens (tertiary/aromatic N) is 2. The van der Waals surface area contributed by atoms with Crippen molar-refractivity contribution in [2.24, 2.45) is 11.8 Å². The third-order valence-electron chi connectivity index (χ3n) is 4.03. The zero-order valence-electron chi connectivity index (χ0n) is 11.1. The lowest BCUT2D eigenvalue weighted by Gasteiger charge is -2.46. The van der Waals surface area contributed by atoms with E-state index in [1.54, 1.807) is 0 Å². The molecular weight excluding hydrogens is 240 g/mol. The third kappa shape index (κ3) is 1.73. The molecule has 0 radical (unpaired) electrons. The minimum Gasteiger partial charge on any atom is -0.443 e. The average Bonchev–Trinajstić information content (AvgIpc) is 2.79. The average molecular weight is 256 g/mol. The van der Waals surface area contributed by atoms with Crippen LogP contribution in [-0.4, -0.2) is 18.2 Å². The van der Waals surface area contributed by atoms with Gasteiger partial charge < -0.3 is 9.15 Å². The van der Waals surface area contributed by atoms with E-state index in [1.807, 2.05) is 18.2 Å². The van der Waals surface area contributed by atoms with Gasteiger partial charge in [-0.1, -0.05) is 19.9 Å². The first kappa shape index (κ1) is 12.2. The fourth-order valence-electron chi connectivity index (χ4n) is 2.92. The molecule has 1 aromatic carbocycles. The lowest BCUT2D eigenvalue weighted by atomic mass is 9.65. The van der Waals surface area contributed by atoms with Crippen LogP contribution in [-0.2, 0) is 10.2 Å². The first-order valence-electron chi connectivity index (χ1n) is 6.48. The van der Waals surface area contributed by atoms with E-state index in [9.17, 15) is 5.26 Å². The summed E-state index contributed by atoms with van der Waals surface area (Å²) in [5, 5.41) is 9.49. The van der Waals surface area contributed by atoms with E-state index < -0.39 is 0 Å². The van der Waals surface area contributed by atoms with Crippen LogP contribution < -0.4 is 0 Å². The predicted molar refractivity (Wildman–Crippen MR) is 70.4 cm³/mol. The molecular formula is C15H16N2O2. The van der Waals surface area contributed by atoms with E-state index in [2.05, 4.69) is 24.9 Å². The molecule has 1 atom stereocenters. The Labute approximate surface area is 112 Å². The van der Waals surface area contributed by atoms with Gasteiger partial charge in [-0.3, -0.25) is 0 Å². The number of hydrogen-bond donors (Lipinski definition) is 0. The van der Waals surface area contributed by atoms with Gasteiger partial charge >= 0.3 is 0 Å². The Morgan fingerprint density at radius 1 is 1.37 bits per heavy atom. The molecule has 3 rings (SSSR count). The molecule has 1 saturated heterocycles. The van der Waals surface area contributed by atoms with Crippen LogP contribution in [0, 0.1) is 23.2 Å². The Morgan fingerprint density at radius 2 is 2.16 bits per heavy atom. The van der Waals surface area contributed by atoms with Gasteiger partial charge in [0.1, 0.15) is 5.52 Å². The molecule has 4 heteroatoms. The molecule has 1 unspecified atom stereocenters. The normalized spacial score (nSPS) is 19.1. The lowest BCUT2D eigenvalue weighted by Crippen LogP contribution is -2.53. The molecule has 1 aliphatic rings. The number of fused-ring (bicyclic) bond motifs is 1. The molecule has 0 amide bonds. The van der Waals surface area contributed by atoms with Crippen molar-refractivity contribution in [2.45, 2.75) is 19.3 Å². The SMILES string of the molecule is CC(C)C(C#N)C1(c2ccc3ncoc3c2)COC1. The predicted octanol–water partition coefficient (Wildman–Crippen LogP) is 2.89. The van der Waals surface area contributed by atoms with Crippen molar-refractivity contribution in [3.8, 4) is 6.07 Å². The van der Waals surface area contributed by atoms with Crippen LogP contribution in [0.15, 0.2) is 29.0 Å². The monoisotopic (exact) mass is 256 g/mol. The van der Waals surface area contributed by atoms with Crippen molar-refractivity contribution in [2.75, 3.05) is 13.2 Å². The van der Waals surface area contributed by atoms with Crippen LogP contribution in [0.3, 0.4) is 0 Å². The number of hydrogen-bond acceptors (Lipinski definition) is 4. The smallest absolute Gasteiger partial charge is 0.181 e. The van der Waals surface area contributed by atoms with Crippen LogP contribution in [0.2, 0.25) is 0 Å². The molecule has 19 heavy (non-hydrogen) atoms. The van der Waals surface area contributed by atoms with Crippen molar-refractivity contribution < 1.29 is 9.15 Å². The highest BCUT2D eigenvalue weighted by Crippen LogP contribution is 2.43. The third-order valence-corrected chi connectivity index (χ3v) is 4.03. The zero-order valence-corrected chi connectivity index (χ0v) is 11.1. The molecule has 1 aromatic heterocycles. The van der Waals surface area contributed by atoms with Gasteiger partial charge in [-0.05, 0) is 23.6 Å². The Bertz CT molecular complexity index is 635. The Hall–Kier alpha value is -1.86. The van der Waals surface area contributed by atoms with E-state index in [4.69, 9.17) is 9.15 Å². The number of rotatable bonds is 3. The van der Waals surface area contributed by atoms with Gasteiger partial charge in [0.2, 0.25) is 0 Å². The van der Waals surface area contributed by atoms with Crippen LogP contribution in [0.1, 0.15) is 19.4 Å². The minimum atomic E-state index is -0.204. The summed E-state index contributed by atoms with van der Waals surface area (Å²) >= 11 is 0. The van der Waals surface area contributed by atoms with Crippen molar-refractivity contribution in [3.63, 3.8) is 0 Å². The molecule has 4 nitrogen and oxygen atoms in total. The van der Waals surface area contributed by atoms with Crippen molar-refractivity contribution >= 4 is 11.1 Å². The molecule has 0 saturated carbocycles. The Kier molecular flexibility index (Phi) is 2.79. The van der Waals surface area contributed by atoms with E-state index >= 15 is 0 Å². The fourth-order valence-corrected chi connectivity index (χ4v) is 2.92. The largest absolute Gasteiger partial charge is 0.443 e. The van der Waals surface area contributed by atoms with Crippen LogP contribution in [0.25, 0.3) is 11.1 Å². The quantitative estimate of drug-likeness (QED) is 0.847. The molecule has 1 aliphatic heterocycles. The van der Waals surface area contributed by atoms with E-state index in [0.29, 0.717) is 19.1 Å². The number of oxazole rings is 1. The summed E-state index contributed by atoms with van der Waals surface area (Å²) in [4.78, 5) is 4.12. The van der Waals surface area contributed by atoms with Gasteiger partial charge in [-0.25, -0.2) is 4.98 Å². The molecule has 1 fully saturated rings. The van der Waals surface area contributed by atoms with Crippen LogP contribution in [0.5, 0.6) is 0 Å². The maximum Gasteiger partial charge on any atom is 0.181 e. The number of nitriles is 1. The lowest BCUT2D eigenvalue weighted by molar-refractivity contribution is -0.0876. The summed E-state index contributed by atoms with van der Waals surface area (Å²) in [6.45, 7) is 5.37. The van der Waals surface area contributed by atoms with Crippen LogP contribution in [0.4, 0.5) is 0 Å². The number of ether oxygens (including phenoxy) is 1. The molecule has 0 spiro atoms. The second-order valence-electron chi connectivity index (χ2n) is 5.53. The van der Waals surface area contributed by atoms with Gasteiger partial charge in [0, 0.05) is 0 Å². The second kappa shape index (κ2) is 4.36. The molecule has 0 N–H and O–H groups in total. The van der Waals surface area contributed by atoms with Gasteiger partial charge in [0.05, 0.1) is 30.6 Å². The molecule has 2 heterocycles. The highest BCUT2D eigenvalue weighted by atomic mass is 16.5. The summed E-state index contributed by atoms with van der Waals surface area (Å²) in [5.41, 5.74) is 2.52. The van der Waals surface area contributed by atoms with E-state index in [-0.39, 0.29) is 11.3 Å². The summed E-state index contributed by atoms with van der Waals surface area (Å²) in [5.74, 6) is 0.237. The van der Waals surface area contributed by atoms with E-state index in [0.717, 1.165) is 16.7 Å². The first-order chi connectivity index (χ1) is 9.17. The summed E-state index contributed by atoms with van der Waals surface area (Å²) in [7, 11) is 0. The first-order valence-corrected chi connectivity index (χ1v) is 6.48. The maximum absolute atomic E-state index is 9.49. The molecule has 0 bridgehead atoms. The molecule has 98 valence electrons. The van der Waals surface area contributed by atoms with Crippen LogP contribution >= 0.6 is 0 Å². The summed E-state index contributed by atoms with van der Waals surface area (Å²) in [6.07, 6.45) is 1.45. The molecule has 2 aromatic rings. The number of benzene rings is 1. The Balaban J connectivity index is 2.08. The van der Waals surface area contributed by atoms with Crippen molar-refractivity contribution in [3.05, 3.63) is 30.2 Å².